The average Bonchev–Trinajstić information content (AvgIpc) is 3.30. The van der Waals surface area contributed by atoms with Crippen LogP contribution in [-0.2, 0) is 10.1 Å². The summed E-state index contributed by atoms with van der Waals surface area (Å²) in [5, 5.41) is 0. The van der Waals surface area contributed by atoms with E-state index in [0.29, 0.717) is 5.56 Å². The molecular weight excluding hydrogens is 801 g/mol. The molecule has 0 radical (unpaired) electrons. The summed E-state index contributed by atoms with van der Waals surface area (Å²) >= 11 is 0. The standard InChI is InChI=1S/C55H74N2O5S/c1-5-9-13-15-17-21-43-61-51-37-33-49(34-38-51)56(41-11-7-3)47-29-25-45(26-30-47)55(53-23-19-20-24-54(53)63(58,59)60)46-27-31-48(32-28-46)57(42-12-8-4)50-35-39-52(40-36-50)62-44-22-18-16-14-10-6-2/h19-20,23-40,55H,5-18,21-22,41-44H2,1-4H3,(H,58,59,60). The smallest absolute Gasteiger partial charge is 0.294 e. The van der Waals surface area contributed by atoms with Gasteiger partial charge in [0.15, 0.2) is 0 Å². The van der Waals surface area contributed by atoms with E-state index in [1.165, 1.54) is 70.3 Å². The molecule has 0 aromatic heterocycles. The number of benzene rings is 5. The Morgan fingerprint density at radius 3 is 1.17 bits per heavy atom. The highest BCUT2D eigenvalue weighted by Crippen LogP contribution is 2.39. The molecule has 0 unspecified atom stereocenters. The lowest BCUT2D eigenvalue weighted by molar-refractivity contribution is 0.304. The molecule has 5 rings (SSSR count). The maximum absolute atomic E-state index is 12.8. The maximum Gasteiger partial charge on any atom is 0.294 e. The van der Waals surface area contributed by atoms with Crippen molar-refractivity contribution in [1.29, 1.82) is 0 Å². The third-order valence-corrected chi connectivity index (χ3v) is 12.8. The van der Waals surface area contributed by atoms with Crippen molar-refractivity contribution < 1.29 is 22.4 Å². The Labute approximate surface area is 380 Å². The van der Waals surface area contributed by atoms with Gasteiger partial charge in [-0.1, -0.05) is 147 Å². The van der Waals surface area contributed by atoms with E-state index in [4.69, 9.17) is 9.47 Å². The van der Waals surface area contributed by atoms with Gasteiger partial charge in [0.1, 0.15) is 11.5 Å². The van der Waals surface area contributed by atoms with Gasteiger partial charge in [-0.25, -0.2) is 0 Å². The minimum absolute atomic E-state index is 0.0881. The molecule has 0 aliphatic carbocycles. The molecule has 5 aromatic carbocycles. The Hall–Kier alpha value is -4.79. The normalized spacial score (nSPS) is 11.5. The average molecular weight is 875 g/mol. The van der Waals surface area contributed by atoms with Crippen LogP contribution >= 0.6 is 0 Å². The van der Waals surface area contributed by atoms with Gasteiger partial charge in [-0.15, -0.1) is 0 Å². The van der Waals surface area contributed by atoms with Crippen molar-refractivity contribution in [2.24, 2.45) is 0 Å². The molecule has 0 saturated heterocycles. The third kappa shape index (κ3) is 15.5. The van der Waals surface area contributed by atoms with Crippen LogP contribution in [-0.4, -0.2) is 39.3 Å². The minimum atomic E-state index is -4.50. The second kappa shape index (κ2) is 26.7. The van der Waals surface area contributed by atoms with E-state index in [2.05, 4.69) is 135 Å². The first-order valence-electron chi connectivity index (χ1n) is 24.0. The molecule has 7 nitrogen and oxygen atoms in total. The molecule has 0 amide bonds. The summed E-state index contributed by atoms with van der Waals surface area (Å²) < 4.78 is 48.3. The predicted octanol–water partition coefficient (Wildman–Crippen LogP) is 15.5. The van der Waals surface area contributed by atoms with Crippen molar-refractivity contribution >= 4 is 32.9 Å². The first-order valence-corrected chi connectivity index (χ1v) is 25.5. The summed E-state index contributed by atoms with van der Waals surface area (Å²) in [4.78, 5) is 4.58. The molecule has 0 heterocycles. The fourth-order valence-electron chi connectivity index (χ4n) is 8.24. The third-order valence-electron chi connectivity index (χ3n) is 11.9. The van der Waals surface area contributed by atoms with E-state index in [1.807, 2.05) is 12.1 Å². The van der Waals surface area contributed by atoms with Gasteiger partial charge in [0.2, 0.25) is 0 Å². The molecule has 0 saturated carbocycles. The first-order chi connectivity index (χ1) is 30.8. The van der Waals surface area contributed by atoms with E-state index in [-0.39, 0.29) is 4.90 Å². The maximum atomic E-state index is 12.8. The van der Waals surface area contributed by atoms with Crippen LogP contribution in [0.15, 0.2) is 126 Å². The molecule has 8 heteroatoms. The van der Waals surface area contributed by atoms with Gasteiger partial charge >= 0.3 is 0 Å². The van der Waals surface area contributed by atoms with E-state index >= 15 is 0 Å². The second-order valence-electron chi connectivity index (χ2n) is 16.9. The highest BCUT2D eigenvalue weighted by atomic mass is 32.2. The summed E-state index contributed by atoms with van der Waals surface area (Å²) in [6.45, 7) is 12.1. The van der Waals surface area contributed by atoms with Crippen LogP contribution in [0.25, 0.3) is 0 Å². The van der Waals surface area contributed by atoms with Gasteiger partial charge in [-0.3, -0.25) is 4.55 Å². The van der Waals surface area contributed by atoms with Gasteiger partial charge in [0.25, 0.3) is 10.1 Å². The van der Waals surface area contributed by atoms with Crippen molar-refractivity contribution in [3.05, 3.63) is 138 Å². The second-order valence-corrected chi connectivity index (χ2v) is 18.2. The zero-order valence-corrected chi connectivity index (χ0v) is 39.5. The first kappa shape index (κ1) is 49.2. The number of rotatable bonds is 30. The van der Waals surface area contributed by atoms with Crippen LogP contribution in [0, 0.1) is 0 Å². The number of anilines is 4. The molecule has 1 N–H and O–H groups in total. The molecule has 0 bridgehead atoms. The lowest BCUT2D eigenvalue weighted by atomic mass is 9.85. The molecule has 63 heavy (non-hydrogen) atoms. The summed E-state index contributed by atoms with van der Waals surface area (Å²) in [6.07, 6.45) is 19.0. The predicted molar refractivity (Wildman–Crippen MR) is 265 cm³/mol. The lowest BCUT2D eigenvalue weighted by Crippen LogP contribution is -2.19. The molecule has 5 aromatic rings. The number of hydrogen-bond acceptors (Lipinski definition) is 6. The van der Waals surface area contributed by atoms with Crippen molar-refractivity contribution in [3.63, 3.8) is 0 Å². The van der Waals surface area contributed by atoms with Crippen molar-refractivity contribution in [1.82, 2.24) is 0 Å². The Balaban J connectivity index is 1.38. The zero-order valence-electron chi connectivity index (χ0n) is 38.6. The van der Waals surface area contributed by atoms with Gasteiger partial charge in [-0.2, -0.15) is 8.42 Å². The van der Waals surface area contributed by atoms with Crippen molar-refractivity contribution in [3.8, 4) is 11.5 Å². The molecule has 0 spiro atoms. The molecule has 0 aliphatic heterocycles. The number of ether oxygens (including phenoxy) is 2. The molecule has 340 valence electrons. The number of hydrogen-bond donors (Lipinski definition) is 1. The largest absolute Gasteiger partial charge is 0.494 e. The summed E-state index contributed by atoms with van der Waals surface area (Å²) in [7, 11) is -4.50. The van der Waals surface area contributed by atoms with E-state index < -0.39 is 16.0 Å². The van der Waals surface area contributed by atoms with Gasteiger partial charge in [-0.05, 0) is 121 Å². The van der Waals surface area contributed by atoms with E-state index in [0.717, 1.165) is 110 Å². The van der Waals surface area contributed by atoms with Crippen LogP contribution in [0.2, 0.25) is 0 Å². The quantitative estimate of drug-likeness (QED) is 0.0280. The highest BCUT2D eigenvalue weighted by Gasteiger charge is 2.25. The van der Waals surface area contributed by atoms with Crippen LogP contribution in [0.3, 0.4) is 0 Å². The minimum Gasteiger partial charge on any atom is -0.494 e. The fourth-order valence-corrected chi connectivity index (χ4v) is 8.97. The Kier molecular flexibility index (Phi) is 20.9. The van der Waals surface area contributed by atoms with E-state index in [9.17, 15) is 13.0 Å². The highest BCUT2D eigenvalue weighted by molar-refractivity contribution is 7.85. The molecular formula is C55H74N2O5S. The monoisotopic (exact) mass is 875 g/mol. The SMILES string of the molecule is CCCCCCCCOc1ccc(N(CCCC)c2ccc(C(c3ccc(N(CCCC)c4ccc(OCCCCCCCC)cc4)cc3)c3ccccc3S(=O)(=O)O)cc2)cc1. The van der Waals surface area contributed by atoms with Crippen LogP contribution < -0.4 is 19.3 Å². The topological polar surface area (TPSA) is 79.3 Å². The molecule has 0 atom stereocenters. The van der Waals surface area contributed by atoms with Crippen LogP contribution in [0.4, 0.5) is 22.7 Å². The van der Waals surface area contributed by atoms with Crippen molar-refractivity contribution in [2.45, 2.75) is 141 Å². The van der Waals surface area contributed by atoms with E-state index in [1.54, 1.807) is 6.07 Å². The Bertz CT molecular complexity index is 2000. The Morgan fingerprint density at radius 2 is 0.794 bits per heavy atom. The van der Waals surface area contributed by atoms with Crippen molar-refractivity contribution in [2.75, 3.05) is 36.1 Å². The summed E-state index contributed by atoms with van der Waals surface area (Å²) in [5.41, 5.74) is 6.67. The summed E-state index contributed by atoms with van der Waals surface area (Å²) in [5.74, 6) is 1.32. The summed E-state index contributed by atoms with van der Waals surface area (Å²) in [6, 6.07) is 40.5. The molecule has 0 fully saturated rings. The number of unbranched alkanes of at least 4 members (excludes halogenated alkanes) is 12. The van der Waals surface area contributed by atoms with Gasteiger partial charge in [0, 0.05) is 41.8 Å². The fraction of sp³-hybridized carbons (Fsp3) is 0.455. The van der Waals surface area contributed by atoms with Gasteiger partial charge in [0.05, 0.1) is 18.1 Å². The zero-order chi connectivity index (χ0) is 44.7. The Morgan fingerprint density at radius 1 is 0.444 bits per heavy atom. The molecule has 0 aliphatic rings. The van der Waals surface area contributed by atoms with Crippen LogP contribution in [0.5, 0.6) is 11.5 Å². The lowest BCUT2D eigenvalue weighted by Gasteiger charge is -2.28. The number of nitrogens with zero attached hydrogens (tertiary/aromatic N) is 2. The van der Waals surface area contributed by atoms with Gasteiger partial charge < -0.3 is 19.3 Å². The van der Waals surface area contributed by atoms with Crippen LogP contribution in [0.1, 0.15) is 153 Å².